The van der Waals surface area contributed by atoms with Gasteiger partial charge < -0.3 is 14.9 Å². The lowest BCUT2D eigenvalue weighted by Gasteiger charge is -2.22. The standard InChI is InChI=1S/C23H22Cl2N2O6S/c1-12-8-13(2)26-22-15(12)4-3-5-19(22)33-11-16-17(24)6-7-20(21(16)25)34(31,32)27-10-14(28)9-18(27)23(29)30/h3-8,14,18,28H,9-11H2,1-2H3,(H,29,30)/t14-,18+/m1/s1. The summed E-state index contributed by atoms with van der Waals surface area (Å²) in [5, 5.41) is 20.2. The molecule has 0 saturated carbocycles. The second-order valence-corrected chi connectivity index (χ2v) is 10.8. The van der Waals surface area contributed by atoms with Crippen LogP contribution in [0.5, 0.6) is 5.75 Å². The summed E-state index contributed by atoms with van der Waals surface area (Å²) < 4.78 is 33.3. The molecule has 0 unspecified atom stereocenters. The second kappa shape index (κ2) is 9.31. The smallest absolute Gasteiger partial charge is 0.322 e. The van der Waals surface area contributed by atoms with E-state index in [9.17, 15) is 23.4 Å². The number of carbonyl (C=O) groups is 1. The van der Waals surface area contributed by atoms with Crippen molar-refractivity contribution < 1.29 is 28.2 Å². The number of para-hydroxylation sites is 1. The Kier molecular flexibility index (Phi) is 6.76. The maximum absolute atomic E-state index is 13.3. The van der Waals surface area contributed by atoms with E-state index in [0.29, 0.717) is 11.3 Å². The molecule has 1 aromatic heterocycles. The minimum absolute atomic E-state index is 0.139. The second-order valence-electron chi connectivity index (χ2n) is 8.18. The molecule has 180 valence electrons. The fraction of sp³-hybridized carbons (Fsp3) is 0.304. The van der Waals surface area contributed by atoms with E-state index in [2.05, 4.69) is 4.98 Å². The van der Waals surface area contributed by atoms with Gasteiger partial charge in [0.15, 0.2) is 0 Å². The number of aliphatic hydroxyl groups excluding tert-OH is 1. The molecule has 4 rings (SSSR count). The number of aliphatic hydroxyl groups is 1. The van der Waals surface area contributed by atoms with Gasteiger partial charge in [0.1, 0.15) is 28.8 Å². The van der Waals surface area contributed by atoms with Crippen molar-refractivity contribution in [2.45, 2.75) is 43.9 Å². The monoisotopic (exact) mass is 524 g/mol. The van der Waals surface area contributed by atoms with Crippen molar-refractivity contribution in [3.05, 3.63) is 63.3 Å². The quantitative estimate of drug-likeness (QED) is 0.501. The van der Waals surface area contributed by atoms with Crippen molar-refractivity contribution in [1.82, 2.24) is 9.29 Å². The van der Waals surface area contributed by atoms with Gasteiger partial charge in [-0.2, -0.15) is 4.31 Å². The number of β-amino-alcohol motifs (C(OH)–C–C–N with tert-alkyl or cyclic N) is 1. The molecule has 0 amide bonds. The number of aromatic nitrogens is 1. The average Bonchev–Trinajstić information content (AvgIpc) is 3.16. The van der Waals surface area contributed by atoms with Crippen LogP contribution in [-0.4, -0.2) is 52.6 Å². The molecule has 1 aliphatic heterocycles. The van der Waals surface area contributed by atoms with E-state index in [0.717, 1.165) is 20.9 Å². The molecule has 0 spiro atoms. The number of rotatable bonds is 6. The number of hydrogen-bond donors (Lipinski definition) is 2. The highest BCUT2D eigenvalue weighted by molar-refractivity contribution is 7.89. The van der Waals surface area contributed by atoms with Crippen LogP contribution in [-0.2, 0) is 21.4 Å². The molecule has 0 bridgehead atoms. The Balaban J connectivity index is 1.70. The van der Waals surface area contributed by atoms with Gasteiger partial charge in [0.25, 0.3) is 0 Å². The van der Waals surface area contributed by atoms with E-state index >= 15 is 0 Å². The summed E-state index contributed by atoms with van der Waals surface area (Å²) >= 11 is 12.8. The van der Waals surface area contributed by atoms with Crippen LogP contribution in [0, 0.1) is 13.8 Å². The Morgan fingerprint density at radius 3 is 2.68 bits per heavy atom. The van der Waals surface area contributed by atoms with Gasteiger partial charge >= 0.3 is 5.97 Å². The minimum atomic E-state index is -4.33. The van der Waals surface area contributed by atoms with Gasteiger partial charge in [-0.1, -0.05) is 35.3 Å². The first-order valence-corrected chi connectivity index (χ1v) is 12.6. The first kappa shape index (κ1) is 24.7. The summed E-state index contributed by atoms with van der Waals surface area (Å²) in [5.41, 5.74) is 2.76. The molecule has 2 heterocycles. The van der Waals surface area contributed by atoms with Gasteiger partial charge in [0.2, 0.25) is 10.0 Å². The summed E-state index contributed by atoms with van der Waals surface area (Å²) in [6.07, 6.45) is -1.29. The number of aryl methyl sites for hydroxylation is 2. The molecule has 3 aromatic rings. The summed E-state index contributed by atoms with van der Waals surface area (Å²) in [7, 11) is -4.33. The Labute approximate surface area is 206 Å². The first-order valence-electron chi connectivity index (χ1n) is 10.4. The van der Waals surface area contributed by atoms with E-state index < -0.39 is 28.1 Å². The average molecular weight is 525 g/mol. The highest BCUT2D eigenvalue weighted by Crippen LogP contribution is 2.36. The molecule has 11 heteroatoms. The summed E-state index contributed by atoms with van der Waals surface area (Å²) in [6.45, 7) is 3.37. The number of pyridine rings is 1. The molecule has 1 fully saturated rings. The molecule has 2 N–H and O–H groups in total. The van der Waals surface area contributed by atoms with Crippen LogP contribution < -0.4 is 4.74 Å². The number of halogens is 2. The zero-order valence-corrected chi connectivity index (χ0v) is 20.7. The molecule has 1 saturated heterocycles. The van der Waals surface area contributed by atoms with Crippen LogP contribution in [0.15, 0.2) is 41.3 Å². The number of aliphatic carboxylic acids is 1. The fourth-order valence-corrected chi connectivity index (χ4v) is 6.62. The van der Waals surface area contributed by atoms with Crippen molar-refractivity contribution in [3.63, 3.8) is 0 Å². The van der Waals surface area contributed by atoms with Crippen LogP contribution in [0.3, 0.4) is 0 Å². The van der Waals surface area contributed by atoms with E-state index in [1.807, 2.05) is 32.0 Å². The molecular weight excluding hydrogens is 503 g/mol. The minimum Gasteiger partial charge on any atom is -0.487 e. The third-order valence-corrected chi connectivity index (χ3v) is 8.58. The van der Waals surface area contributed by atoms with E-state index in [1.165, 1.54) is 12.1 Å². The number of fused-ring (bicyclic) bond motifs is 1. The number of carboxylic acid groups (broad SMARTS) is 1. The van der Waals surface area contributed by atoms with Crippen molar-refractivity contribution in [2.24, 2.45) is 0 Å². The van der Waals surface area contributed by atoms with Crippen LogP contribution in [0.25, 0.3) is 10.9 Å². The molecule has 0 aliphatic carbocycles. The number of carboxylic acids is 1. The predicted octanol–water partition coefficient (Wildman–Crippen LogP) is 3.95. The van der Waals surface area contributed by atoms with Gasteiger partial charge in [-0.3, -0.25) is 4.79 Å². The maximum Gasteiger partial charge on any atom is 0.322 e. The van der Waals surface area contributed by atoms with Gasteiger partial charge in [-0.15, -0.1) is 0 Å². The maximum atomic E-state index is 13.3. The Hall–Kier alpha value is -2.43. The Morgan fingerprint density at radius 2 is 1.97 bits per heavy atom. The summed E-state index contributed by atoms with van der Waals surface area (Å²) in [6, 6.07) is 8.68. The summed E-state index contributed by atoms with van der Waals surface area (Å²) in [4.78, 5) is 15.8. The Morgan fingerprint density at radius 1 is 1.24 bits per heavy atom. The van der Waals surface area contributed by atoms with Crippen molar-refractivity contribution in [1.29, 1.82) is 0 Å². The van der Waals surface area contributed by atoms with Crippen LogP contribution in [0.4, 0.5) is 0 Å². The number of nitrogens with zero attached hydrogens (tertiary/aromatic N) is 2. The summed E-state index contributed by atoms with van der Waals surface area (Å²) in [5.74, 6) is -0.860. The topological polar surface area (TPSA) is 117 Å². The zero-order chi connectivity index (χ0) is 24.8. The Bertz CT molecular complexity index is 1400. The van der Waals surface area contributed by atoms with E-state index in [1.54, 1.807) is 6.07 Å². The zero-order valence-electron chi connectivity index (χ0n) is 18.3. The molecular formula is C23H22Cl2N2O6S. The molecule has 8 nitrogen and oxygen atoms in total. The third kappa shape index (κ3) is 4.46. The first-order chi connectivity index (χ1) is 16.0. The van der Waals surface area contributed by atoms with Gasteiger partial charge in [-0.05, 0) is 43.7 Å². The van der Waals surface area contributed by atoms with Crippen molar-refractivity contribution in [2.75, 3.05) is 6.54 Å². The number of hydrogen-bond acceptors (Lipinski definition) is 6. The van der Waals surface area contributed by atoms with E-state index in [4.69, 9.17) is 27.9 Å². The van der Waals surface area contributed by atoms with Gasteiger partial charge in [0.05, 0.1) is 11.1 Å². The highest BCUT2D eigenvalue weighted by Gasteiger charge is 2.44. The number of ether oxygens (including phenoxy) is 1. The lowest BCUT2D eigenvalue weighted by molar-refractivity contribution is -0.140. The van der Waals surface area contributed by atoms with Crippen LogP contribution in [0.1, 0.15) is 23.2 Å². The molecule has 34 heavy (non-hydrogen) atoms. The molecule has 0 radical (unpaired) electrons. The molecule has 2 aromatic carbocycles. The molecule has 1 aliphatic rings. The number of sulfonamides is 1. The van der Waals surface area contributed by atoms with Gasteiger partial charge in [0, 0.05) is 34.6 Å². The van der Waals surface area contributed by atoms with Gasteiger partial charge in [-0.25, -0.2) is 13.4 Å². The highest BCUT2D eigenvalue weighted by atomic mass is 35.5. The SMILES string of the molecule is Cc1cc(C)c2cccc(OCc3c(Cl)ccc(S(=O)(=O)N4C[C@H](O)C[C@H]4C(=O)O)c3Cl)c2n1. The van der Waals surface area contributed by atoms with Crippen LogP contribution >= 0.6 is 23.2 Å². The largest absolute Gasteiger partial charge is 0.487 e. The lowest BCUT2D eigenvalue weighted by Crippen LogP contribution is -2.40. The van der Waals surface area contributed by atoms with Crippen LogP contribution in [0.2, 0.25) is 10.0 Å². The normalized spacial score (nSPS) is 19.0. The van der Waals surface area contributed by atoms with E-state index in [-0.39, 0.29) is 40.1 Å². The third-order valence-electron chi connectivity index (χ3n) is 5.77. The fourth-order valence-electron chi connectivity index (χ4n) is 4.13. The van der Waals surface area contributed by atoms with Crippen molar-refractivity contribution >= 4 is 50.1 Å². The van der Waals surface area contributed by atoms with Crippen molar-refractivity contribution in [3.8, 4) is 5.75 Å². The predicted molar refractivity (Wildman–Crippen MR) is 128 cm³/mol. The number of benzene rings is 2. The molecule has 2 atom stereocenters. The lowest BCUT2D eigenvalue weighted by atomic mass is 10.1.